The maximum atomic E-state index is 13.4. The van der Waals surface area contributed by atoms with E-state index in [1.54, 1.807) is 18.2 Å². The lowest BCUT2D eigenvalue weighted by atomic mass is 9.86. The molecule has 2 aliphatic rings. The van der Waals surface area contributed by atoms with Gasteiger partial charge >= 0.3 is 6.18 Å². The van der Waals surface area contributed by atoms with E-state index < -0.39 is 11.7 Å². The van der Waals surface area contributed by atoms with Crippen LogP contribution in [0.4, 0.5) is 18.9 Å². The molecular weight excluding hydrogens is 393 g/mol. The van der Waals surface area contributed by atoms with Crippen molar-refractivity contribution in [2.24, 2.45) is 17.6 Å². The molecule has 2 saturated heterocycles. The molecule has 0 radical (unpaired) electrons. The maximum Gasteiger partial charge on any atom is 0.418 e. The Morgan fingerprint density at radius 3 is 2.67 bits per heavy atom. The van der Waals surface area contributed by atoms with Crippen LogP contribution in [-0.4, -0.2) is 54.4 Å². The number of carbonyl (C=O) groups excluding carboxylic acids is 1. The molecule has 1 aromatic carbocycles. The van der Waals surface area contributed by atoms with Crippen LogP contribution in [0.1, 0.15) is 25.3 Å². The molecule has 4 rings (SSSR count). The number of likely N-dealkylation sites (tertiary alicyclic amines) is 1. The molecule has 30 heavy (non-hydrogen) atoms. The SMILES string of the molecule is C[C@H]1C[C@@H](CC(=O)CN2CC(N)C2)CN(c2ccc(C(F)(F)F)c3ncccc23)C1. The zero-order chi connectivity index (χ0) is 21.5. The first-order chi connectivity index (χ1) is 14.2. The van der Waals surface area contributed by atoms with Crippen molar-refractivity contribution in [2.75, 3.05) is 37.6 Å². The number of carbonyl (C=O) groups is 1. The number of nitrogens with two attached hydrogens (primary N) is 1. The summed E-state index contributed by atoms with van der Waals surface area (Å²) in [5.74, 6) is 0.744. The Labute approximate surface area is 174 Å². The van der Waals surface area contributed by atoms with Crippen molar-refractivity contribution >= 4 is 22.4 Å². The van der Waals surface area contributed by atoms with Gasteiger partial charge in [0.2, 0.25) is 0 Å². The van der Waals surface area contributed by atoms with E-state index in [0.29, 0.717) is 30.8 Å². The minimum atomic E-state index is -4.45. The zero-order valence-corrected chi connectivity index (χ0v) is 17.0. The van der Waals surface area contributed by atoms with Crippen molar-refractivity contribution < 1.29 is 18.0 Å². The van der Waals surface area contributed by atoms with Gasteiger partial charge in [0.05, 0.1) is 17.6 Å². The predicted octanol–water partition coefficient (Wildman–Crippen LogP) is 3.32. The van der Waals surface area contributed by atoms with Gasteiger partial charge < -0.3 is 10.6 Å². The Bertz CT molecular complexity index is 926. The number of pyridine rings is 1. The second kappa shape index (κ2) is 8.15. The van der Waals surface area contributed by atoms with Gasteiger partial charge in [-0.2, -0.15) is 13.2 Å². The van der Waals surface area contributed by atoms with E-state index in [4.69, 9.17) is 5.73 Å². The van der Waals surface area contributed by atoms with E-state index in [2.05, 4.69) is 21.7 Å². The minimum absolute atomic E-state index is 0.0255. The highest BCUT2D eigenvalue weighted by atomic mass is 19.4. The summed E-state index contributed by atoms with van der Waals surface area (Å²) in [6.45, 7) is 5.51. The predicted molar refractivity (Wildman–Crippen MR) is 110 cm³/mol. The highest BCUT2D eigenvalue weighted by molar-refractivity contribution is 5.94. The summed E-state index contributed by atoms with van der Waals surface area (Å²) < 4.78 is 40.3. The number of hydrogen-bond acceptors (Lipinski definition) is 5. The summed E-state index contributed by atoms with van der Waals surface area (Å²) in [6, 6.07) is 6.20. The Morgan fingerprint density at radius 2 is 1.97 bits per heavy atom. The third-order valence-electron chi connectivity index (χ3n) is 6.04. The molecule has 0 spiro atoms. The van der Waals surface area contributed by atoms with Gasteiger partial charge in [-0.05, 0) is 42.5 Å². The number of nitrogens with zero attached hydrogens (tertiary/aromatic N) is 3. The number of piperidine rings is 1. The second-order valence-corrected chi connectivity index (χ2v) is 8.84. The molecule has 1 aromatic heterocycles. The highest BCUT2D eigenvalue weighted by Crippen LogP contribution is 2.39. The Morgan fingerprint density at radius 1 is 1.20 bits per heavy atom. The average molecular weight is 420 g/mol. The first-order valence-electron chi connectivity index (χ1n) is 10.4. The Kier molecular flexibility index (Phi) is 5.72. The summed E-state index contributed by atoms with van der Waals surface area (Å²) in [6.07, 6.45) is -1.63. The Hall–Kier alpha value is -2.19. The van der Waals surface area contributed by atoms with Crippen molar-refractivity contribution in [3.63, 3.8) is 0 Å². The second-order valence-electron chi connectivity index (χ2n) is 8.84. The molecule has 3 heterocycles. The fourth-order valence-electron chi connectivity index (χ4n) is 4.86. The van der Waals surface area contributed by atoms with Crippen LogP contribution in [0.15, 0.2) is 30.5 Å². The van der Waals surface area contributed by atoms with Crippen LogP contribution >= 0.6 is 0 Å². The van der Waals surface area contributed by atoms with Crippen LogP contribution < -0.4 is 10.6 Å². The van der Waals surface area contributed by atoms with Crippen molar-refractivity contribution in [3.8, 4) is 0 Å². The molecule has 0 unspecified atom stereocenters. The van der Waals surface area contributed by atoms with Crippen molar-refractivity contribution in [3.05, 3.63) is 36.0 Å². The van der Waals surface area contributed by atoms with E-state index in [9.17, 15) is 18.0 Å². The molecule has 0 bridgehead atoms. The first kappa shape index (κ1) is 21.1. The third kappa shape index (κ3) is 4.44. The summed E-state index contributed by atoms with van der Waals surface area (Å²) >= 11 is 0. The topological polar surface area (TPSA) is 62.5 Å². The summed E-state index contributed by atoms with van der Waals surface area (Å²) in [7, 11) is 0. The standard InChI is InChI=1S/C22H27F3N4O/c1-14-7-15(8-17(30)13-28-11-16(26)12-28)10-29(9-14)20-5-4-19(22(23,24)25)21-18(20)3-2-6-27-21/h2-6,14-16H,7-13,26H2,1H3/t14-,15-/m0/s1. The number of benzene rings is 1. The van der Waals surface area contributed by atoms with E-state index in [1.807, 2.05) is 0 Å². The smallest absolute Gasteiger partial charge is 0.370 e. The monoisotopic (exact) mass is 420 g/mol. The summed E-state index contributed by atoms with van der Waals surface area (Å²) in [4.78, 5) is 20.7. The molecule has 5 nitrogen and oxygen atoms in total. The number of Topliss-reactive ketones (excluding diaryl/α,β-unsaturated/α-hetero) is 1. The normalized spacial score (nSPS) is 23.6. The number of halogens is 3. The van der Waals surface area contributed by atoms with Crippen molar-refractivity contribution in [1.82, 2.24) is 9.88 Å². The minimum Gasteiger partial charge on any atom is -0.370 e. The fraction of sp³-hybridized carbons (Fsp3) is 0.545. The van der Waals surface area contributed by atoms with Crippen LogP contribution in [0, 0.1) is 11.8 Å². The van der Waals surface area contributed by atoms with Gasteiger partial charge in [0.25, 0.3) is 0 Å². The lowest BCUT2D eigenvalue weighted by molar-refractivity contribution is -0.136. The molecule has 8 heteroatoms. The zero-order valence-electron chi connectivity index (χ0n) is 17.0. The lowest BCUT2D eigenvalue weighted by Gasteiger charge is -2.39. The third-order valence-corrected chi connectivity index (χ3v) is 6.04. The van der Waals surface area contributed by atoms with Gasteiger partial charge in [-0.1, -0.05) is 6.92 Å². The lowest BCUT2D eigenvalue weighted by Crippen LogP contribution is -2.57. The number of aromatic nitrogens is 1. The van der Waals surface area contributed by atoms with Crippen LogP contribution in [0.5, 0.6) is 0 Å². The molecular formula is C22H27F3N4O. The van der Waals surface area contributed by atoms with Gasteiger partial charge in [0.1, 0.15) is 5.78 Å². The van der Waals surface area contributed by atoms with Gasteiger partial charge in [-0.3, -0.25) is 14.7 Å². The molecule has 2 aromatic rings. The van der Waals surface area contributed by atoms with Crippen LogP contribution in [0.2, 0.25) is 0 Å². The number of ketones is 1. The van der Waals surface area contributed by atoms with E-state index in [1.165, 1.54) is 6.20 Å². The molecule has 2 fully saturated rings. The van der Waals surface area contributed by atoms with Crippen LogP contribution in [0.3, 0.4) is 0 Å². The molecule has 162 valence electrons. The number of anilines is 1. The first-order valence-corrected chi connectivity index (χ1v) is 10.4. The molecule has 0 amide bonds. The molecule has 0 saturated carbocycles. The van der Waals surface area contributed by atoms with E-state index in [0.717, 1.165) is 37.8 Å². The molecule has 2 N–H and O–H groups in total. The summed E-state index contributed by atoms with van der Waals surface area (Å²) in [5, 5.41) is 0.501. The van der Waals surface area contributed by atoms with Gasteiger partial charge in [0.15, 0.2) is 0 Å². The van der Waals surface area contributed by atoms with Gasteiger partial charge in [-0.15, -0.1) is 0 Å². The number of rotatable bonds is 5. The van der Waals surface area contributed by atoms with Crippen molar-refractivity contribution in [2.45, 2.75) is 32.0 Å². The van der Waals surface area contributed by atoms with Crippen molar-refractivity contribution in [1.29, 1.82) is 0 Å². The maximum absolute atomic E-state index is 13.4. The van der Waals surface area contributed by atoms with E-state index >= 15 is 0 Å². The van der Waals surface area contributed by atoms with E-state index in [-0.39, 0.29) is 23.3 Å². The quantitative estimate of drug-likeness (QED) is 0.804. The molecule has 2 aliphatic heterocycles. The average Bonchev–Trinajstić information content (AvgIpc) is 2.64. The Balaban J connectivity index is 1.53. The largest absolute Gasteiger partial charge is 0.418 e. The van der Waals surface area contributed by atoms with Crippen LogP contribution in [-0.2, 0) is 11.0 Å². The van der Waals surface area contributed by atoms with Gasteiger partial charge in [0, 0.05) is 55.9 Å². The number of alkyl halides is 3. The fourth-order valence-corrected chi connectivity index (χ4v) is 4.86. The molecule has 0 aliphatic carbocycles. The molecule has 2 atom stereocenters. The van der Waals surface area contributed by atoms with Crippen LogP contribution in [0.25, 0.3) is 10.9 Å². The number of fused-ring (bicyclic) bond motifs is 1. The van der Waals surface area contributed by atoms with Gasteiger partial charge in [-0.25, -0.2) is 0 Å². The summed E-state index contributed by atoms with van der Waals surface area (Å²) in [5.41, 5.74) is 5.79. The highest BCUT2D eigenvalue weighted by Gasteiger charge is 2.35. The number of hydrogen-bond donors (Lipinski definition) is 1.